The summed E-state index contributed by atoms with van der Waals surface area (Å²) in [7, 11) is 0. The predicted molar refractivity (Wildman–Crippen MR) is 140 cm³/mol. The van der Waals surface area contributed by atoms with Gasteiger partial charge in [0, 0.05) is 76.4 Å². The molecular weight excluding hydrogens is 462 g/mol. The number of hydrogen-bond donors (Lipinski definition) is 2. The summed E-state index contributed by atoms with van der Waals surface area (Å²) in [6, 6.07) is 3.85. The van der Waals surface area contributed by atoms with Crippen LogP contribution in [0.2, 0.25) is 0 Å². The van der Waals surface area contributed by atoms with Gasteiger partial charge in [0.2, 0.25) is 0 Å². The van der Waals surface area contributed by atoms with E-state index in [1.165, 1.54) is 0 Å². The number of pyridine rings is 1. The molecule has 0 spiro atoms. The number of hydrogen-bond acceptors (Lipinski definition) is 6. The van der Waals surface area contributed by atoms with Crippen LogP contribution < -0.4 is 10.6 Å². The molecule has 9 nitrogen and oxygen atoms in total. The standard InChI is InChI=1S/C25H37N7O2S/c1-20-3-4-22(24(33)27-7-2-10-31-13-8-26-19-31)23(29-20)21-5-11-32(12-6-21)25(35)28-9-14-30-15-17-34-18-16-30/h3-4,8,13,19,21H,2,5-7,9-12,14-18H2,1H3,(H,27,33)(H,28,35). The van der Waals surface area contributed by atoms with Crippen LogP contribution in [0.4, 0.5) is 0 Å². The summed E-state index contributed by atoms with van der Waals surface area (Å²) in [6.45, 7) is 10.6. The Kier molecular flexibility index (Phi) is 9.44. The first-order chi connectivity index (χ1) is 17.1. The SMILES string of the molecule is Cc1ccc(C(=O)NCCCn2ccnc2)c(C2CCN(C(=S)NCCN3CCOCC3)CC2)n1. The molecule has 2 aromatic rings. The van der Waals surface area contributed by atoms with Crippen molar-refractivity contribution < 1.29 is 9.53 Å². The first-order valence-electron chi connectivity index (χ1n) is 12.6. The van der Waals surface area contributed by atoms with Crippen LogP contribution in [0.25, 0.3) is 0 Å². The minimum atomic E-state index is -0.0409. The lowest BCUT2D eigenvalue weighted by molar-refractivity contribution is 0.0388. The van der Waals surface area contributed by atoms with Crippen molar-refractivity contribution in [1.29, 1.82) is 0 Å². The van der Waals surface area contributed by atoms with Crippen molar-refractivity contribution in [3.05, 3.63) is 47.8 Å². The Bertz CT molecular complexity index is 955. The lowest BCUT2D eigenvalue weighted by Gasteiger charge is -2.34. The molecule has 4 heterocycles. The molecule has 2 aliphatic rings. The van der Waals surface area contributed by atoms with E-state index in [9.17, 15) is 4.79 Å². The fourth-order valence-corrected chi connectivity index (χ4v) is 4.96. The zero-order chi connectivity index (χ0) is 24.5. The molecule has 2 saturated heterocycles. The van der Waals surface area contributed by atoms with Crippen LogP contribution in [-0.2, 0) is 11.3 Å². The second kappa shape index (κ2) is 12.9. The Morgan fingerprint density at radius 1 is 1.11 bits per heavy atom. The number of carbonyl (C=O) groups is 1. The van der Waals surface area contributed by atoms with E-state index in [0.717, 1.165) is 94.8 Å². The molecule has 190 valence electrons. The van der Waals surface area contributed by atoms with E-state index in [0.29, 0.717) is 12.1 Å². The lowest BCUT2D eigenvalue weighted by Crippen LogP contribution is -2.47. The molecule has 2 aromatic heterocycles. The normalized spacial score (nSPS) is 17.3. The van der Waals surface area contributed by atoms with Crippen molar-refractivity contribution in [2.24, 2.45) is 0 Å². The van der Waals surface area contributed by atoms with Gasteiger partial charge in [-0.25, -0.2) is 4.98 Å². The topological polar surface area (TPSA) is 87.6 Å². The number of aromatic nitrogens is 3. The molecule has 0 bridgehead atoms. The highest BCUT2D eigenvalue weighted by atomic mass is 32.1. The molecule has 1 amide bonds. The average molecular weight is 500 g/mol. The third-order valence-corrected chi connectivity index (χ3v) is 7.13. The summed E-state index contributed by atoms with van der Waals surface area (Å²) < 4.78 is 7.42. The average Bonchev–Trinajstić information content (AvgIpc) is 3.41. The number of thiocarbonyl (C=S) groups is 1. The molecule has 2 N–H and O–H groups in total. The van der Waals surface area contributed by atoms with Gasteiger partial charge in [0.25, 0.3) is 5.91 Å². The van der Waals surface area contributed by atoms with Gasteiger partial charge in [-0.15, -0.1) is 0 Å². The van der Waals surface area contributed by atoms with Gasteiger partial charge in [-0.3, -0.25) is 14.7 Å². The molecule has 2 aliphatic heterocycles. The molecule has 0 unspecified atom stereocenters. The Morgan fingerprint density at radius 3 is 2.66 bits per heavy atom. The Morgan fingerprint density at radius 2 is 1.91 bits per heavy atom. The fourth-order valence-electron chi connectivity index (χ4n) is 4.67. The number of nitrogens with one attached hydrogen (secondary N) is 2. The van der Waals surface area contributed by atoms with E-state index in [-0.39, 0.29) is 11.8 Å². The van der Waals surface area contributed by atoms with Crippen LogP contribution in [0.15, 0.2) is 30.9 Å². The molecule has 0 radical (unpaired) electrons. The minimum absolute atomic E-state index is 0.0409. The number of aryl methyl sites for hydroxylation is 2. The summed E-state index contributed by atoms with van der Waals surface area (Å²) >= 11 is 5.66. The van der Waals surface area contributed by atoms with Crippen LogP contribution in [0.1, 0.15) is 46.9 Å². The Hall–Kier alpha value is -2.56. The number of imidazole rings is 1. The fraction of sp³-hybridized carbons (Fsp3) is 0.600. The van der Waals surface area contributed by atoms with Crippen molar-refractivity contribution in [1.82, 2.24) is 35.0 Å². The number of morpholine rings is 1. The highest BCUT2D eigenvalue weighted by Crippen LogP contribution is 2.29. The van der Waals surface area contributed by atoms with E-state index in [4.69, 9.17) is 21.9 Å². The molecule has 2 fully saturated rings. The maximum atomic E-state index is 13.0. The Labute approximate surface area is 213 Å². The summed E-state index contributed by atoms with van der Waals surface area (Å²) in [6.07, 6.45) is 8.21. The maximum absolute atomic E-state index is 13.0. The van der Waals surface area contributed by atoms with Crippen molar-refractivity contribution in [2.45, 2.75) is 38.6 Å². The van der Waals surface area contributed by atoms with Crippen LogP contribution in [0.5, 0.6) is 0 Å². The van der Waals surface area contributed by atoms with Gasteiger partial charge in [-0.05, 0) is 50.5 Å². The Balaban J connectivity index is 1.24. The number of likely N-dealkylation sites (tertiary alicyclic amines) is 1. The molecular formula is C25H37N7O2S. The monoisotopic (exact) mass is 499 g/mol. The van der Waals surface area contributed by atoms with Gasteiger partial charge >= 0.3 is 0 Å². The number of nitrogens with zero attached hydrogens (tertiary/aromatic N) is 5. The largest absolute Gasteiger partial charge is 0.379 e. The smallest absolute Gasteiger partial charge is 0.253 e. The number of rotatable bonds is 9. The number of amides is 1. The van der Waals surface area contributed by atoms with Gasteiger partial charge < -0.3 is 24.8 Å². The molecule has 0 atom stereocenters. The van der Waals surface area contributed by atoms with Crippen LogP contribution in [-0.4, -0.2) is 94.4 Å². The van der Waals surface area contributed by atoms with Crippen molar-refractivity contribution >= 4 is 23.2 Å². The molecule has 35 heavy (non-hydrogen) atoms. The van der Waals surface area contributed by atoms with Crippen molar-refractivity contribution in [3.63, 3.8) is 0 Å². The molecule has 4 rings (SSSR count). The molecule has 0 aliphatic carbocycles. The summed E-state index contributed by atoms with van der Waals surface area (Å²) in [5.74, 6) is 0.217. The predicted octanol–water partition coefficient (Wildman–Crippen LogP) is 1.79. The minimum Gasteiger partial charge on any atom is -0.379 e. The quantitative estimate of drug-likeness (QED) is 0.399. The number of ether oxygens (including phenoxy) is 1. The second-order valence-electron chi connectivity index (χ2n) is 9.24. The second-order valence-corrected chi connectivity index (χ2v) is 9.63. The van der Waals surface area contributed by atoms with E-state index >= 15 is 0 Å². The molecule has 0 aromatic carbocycles. The van der Waals surface area contributed by atoms with Crippen LogP contribution in [0, 0.1) is 6.92 Å². The van der Waals surface area contributed by atoms with Gasteiger partial charge in [0.05, 0.1) is 30.8 Å². The summed E-state index contributed by atoms with van der Waals surface area (Å²) in [4.78, 5) is 26.5. The van der Waals surface area contributed by atoms with E-state index < -0.39 is 0 Å². The highest BCUT2D eigenvalue weighted by Gasteiger charge is 2.27. The van der Waals surface area contributed by atoms with Crippen molar-refractivity contribution in [3.8, 4) is 0 Å². The highest BCUT2D eigenvalue weighted by molar-refractivity contribution is 7.80. The van der Waals surface area contributed by atoms with Gasteiger partial charge in [-0.1, -0.05) is 0 Å². The first-order valence-corrected chi connectivity index (χ1v) is 13.1. The zero-order valence-electron chi connectivity index (χ0n) is 20.6. The van der Waals surface area contributed by atoms with E-state index in [1.54, 1.807) is 12.5 Å². The van der Waals surface area contributed by atoms with Crippen LogP contribution >= 0.6 is 12.2 Å². The third-order valence-electron chi connectivity index (χ3n) is 6.72. The summed E-state index contributed by atoms with van der Waals surface area (Å²) in [5, 5.41) is 7.32. The van der Waals surface area contributed by atoms with Gasteiger partial charge in [-0.2, -0.15) is 0 Å². The van der Waals surface area contributed by atoms with E-state index in [1.807, 2.05) is 29.8 Å². The lowest BCUT2D eigenvalue weighted by atomic mass is 9.90. The zero-order valence-corrected chi connectivity index (χ0v) is 21.4. The third kappa shape index (κ3) is 7.46. The van der Waals surface area contributed by atoms with E-state index in [2.05, 4.69) is 25.4 Å². The number of piperidine rings is 1. The molecule has 10 heteroatoms. The van der Waals surface area contributed by atoms with Gasteiger partial charge in [0.1, 0.15) is 0 Å². The number of carbonyl (C=O) groups excluding carboxylic acids is 1. The summed E-state index contributed by atoms with van der Waals surface area (Å²) in [5.41, 5.74) is 2.56. The molecule has 0 saturated carbocycles. The van der Waals surface area contributed by atoms with Crippen LogP contribution in [0.3, 0.4) is 0 Å². The maximum Gasteiger partial charge on any atom is 0.253 e. The van der Waals surface area contributed by atoms with Crippen molar-refractivity contribution in [2.75, 3.05) is 59.0 Å². The van der Waals surface area contributed by atoms with Gasteiger partial charge in [0.15, 0.2) is 5.11 Å². The first kappa shape index (κ1) is 25.5.